The van der Waals surface area contributed by atoms with Gasteiger partial charge in [-0.15, -0.1) is 5.10 Å². The van der Waals surface area contributed by atoms with Crippen LogP contribution in [-0.4, -0.2) is 24.8 Å². The Labute approximate surface area is 108 Å². The topological polar surface area (TPSA) is 74.5 Å². The average Bonchev–Trinajstić information content (AvgIpc) is 2.76. The zero-order valence-corrected chi connectivity index (χ0v) is 11.7. The van der Waals surface area contributed by atoms with Gasteiger partial charge in [0.2, 0.25) is 0 Å². The Bertz CT molecular complexity index is 541. The highest BCUT2D eigenvalue weighted by atomic mass is 79.9. The minimum atomic E-state index is 0.473. The molecule has 0 aliphatic carbocycles. The Morgan fingerprint density at radius 1 is 1.29 bits per heavy atom. The lowest BCUT2D eigenvalue weighted by atomic mass is 10.3. The molecule has 0 aliphatic heterocycles. The van der Waals surface area contributed by atoms with Gasteiger partial charge in [-0.2, -0.15) is 5.10 Å². The number of aromatic nitrogens is 5. The van der Waals surface area contributed by atoms with E-state index < -0.39 is 0 Å². The lowest BCUT2D eigenvalue weighted by molar-refractivity contribution is 0.557. The van der Waals surface area contributed by atoms with Crippen LogP contribution in [0.4, 0.5) is 5.82 Å². The van der Waals surface area contributed by atoms with E-state index in [2.05, 4.69) is 38.3 Å². The molecule has 2 heterocycles. The molecule has 0 saturated carbocycles. The smallest absolute Gasteiger partial charge is 0.168 e. The monoisotopic (exact) mass is 298 g/mol. The SMILES string of the molecule is CCn1nc(C)c(Br)c1Cn1nnc(N)c1C. The first kappa shape index (κ1) is 12.1. The Morgan fingerprint density at radius 2 is 2.00 bits per heavy atom. The number of aryl methyl sites for hydroxylation is 2. The number of nitrogens with two attached hydrogens (primary N) is 1. The molecule has 0 aromatic carbocycles. The lowest BCUT2D eigenvalue weighted by Crippen LogP contribution is -2.10. The van der Waals surface area contributed by atoms with Crippen molar-refractivity contribution in [3.05, 3.63) is 21.6 Å². The Kier molecular flexibility index (Phi) is 3.19. The minimum Gasteiger partial charge on any atom is -0.381 e. The summed E-state index contributed by atoms with van der Waals surface area (Å²) in [5.74, 6) is 0.473. The molecule has 92 valence electrons. The fourth-order valence-corrected chi connectivity index (χ4v) is 2.10. The molecule has 7 heteroatoms. The molecule has 2 rings (SSSR count). The van der Waals surface area contributed by atoms with Gasteiger partial charge in [0.15, 0.2) is 5.82 Å². The number of nitrogens with zero attached hydrogens (tertiary/aromatic N) is 5. The van der Waals surface area contributed by atoms with Crippen molar-refractivity contribution < 1.29 is 0 Å². The fourth-order valence-electron chi connectivity index (χ4n) is 1.69. The molecule has 2 aromatic heterocycles. The maximum absolute atomic E-state index is 5.68. The summed E-state index contributed by atoms with van der Waals surface area (Å²) in [6.45, 7) is 7.38. The van der Waals surface area contributed by atoms with Crippen LogP contribution in [-0.2, 0) is 13.1 Å². The molecular formula is C10H15BrN6. The Balaban J connectivity index is 2.39. The van der Waals surface area contributed by atoms with Gasteiger partial charge in [0.1, 0.15) is 0 Å². The van der Waals surface area contributed by atoms with Gasteiger partial charge in [-0.1, -0.05) is 5.21 Å². The highest BCUT2D eigenvalue weighted by Gasteiger charge is 2.14. The van der Waals surface area contributed by atoms with Crippen molar-refractivity contribution in [2.75, 3.05) is 5.73 Å². The first-order valence-electron chi connectivity index (χ1n) is 5.42. The van der Waals surface area contributed by atoms with E-state index in [0.29, 0.717) is 12.4 Å². The van der Waals surface area contributed by atoms with Crippen LogP contribution in [0.15, 0.2) is 4.47 Å². The van der Waals surface area contributed by atoms with Gasteiger partial charge < -0.3 is 5.73 Å². The second-order valence-electron chi connectivity index (χ2n) is 3.88. The molecule has 0 fully saturated rings. The minimum absolute atomic E-state index is 0.473. The third-order valence-corrected chi connectivity index (χ3v) is 3.80. The van der Waals surface area contributed by atoms with Crippen molar-refractivity contribution in [2.24, 2.45) is 0 Å². The van der Waals surface area contributed by atoms with Crippen LogP contribution in [0, 0.1) is 13.8 Å². The third-order valence-electron chi connectivity index (χ3n) is 2.77. The summed E-state index contributed by atoms with van der Waals surface area (Å²) in [7, 11) is 0. The fraction of sp³-hybridized carbons (Fsp3) is 0.500. The summed E-state index contributed by atoms with van der Waals surface area (Å²) >= 11 is 3.55. The maximum Gasteiger partial charge on any atom is 0.168 e. The van der Waals surface area contributed by atoms with Crippen molar-refractivity contribution in [1.29, 1.82) is 0 Å². The highest BCUT2D eigenvalue weighted by Crippen LogP contribution is 2.22. The summed E-state index contributed by atoms with van der Waals surface area (Å²) in [5, 5.41) is 12.3. The van der Waals surface area contributed by atoms with E-state index in [0.717, 1.165) is 28.1 Å². The lowest BCUT2D eigenvalue weighted by Gasteiger charge is -2.06. The van der Waals surface area contributed by atoms with Crippen LogP contribution in [0.5, 0.6) is 0 Å². The third kappa shape index (κ3) is 2.06. The van der Waals surface area contributed by atoms with Crippen molar-refractivity contribution in [2.45, 2.75) is 33.9 Å². The standard InChI is InChI=1S/C10H15BrN6/c1-4-16-8(9(11)6(2)14-16)5-17-7(3)10(12)13-15-17/h4-5,12H2,1-3H3. The predicted octanol–water partition coefficient (Wildman–Crippen LogP) is 1.50. The molecule has 2 N–H and O–H groups in total. The van der Waals surface area contributed by atoms with E-state index in [1.165, 1.54) is 0 Å². The van der Waals surface area contributed by atoms with Crippen molar-refractivity contribution >= 4 is 21.7 Å². The molecule has 2 aromatic rings. The number of nitrogen functional groups attached to an aromatic ring is 1. The van der Waals surface area contributed by atoms with Gasteiger partial charge in [0, 0.05) is 6.54 Å². The molecule has 0 bridgehead atoms. The van der Waals surface area contributed by atoms with Gasteiger partial charge in [-0.05, 0) is 36.7 Å². The second kappa shape index (κ2) is 4.48. The number of rotatable bonds is 3. The predicted molar refractivity (Wildman–Crippen MR) is 68.6 cm³/mol. The number of anilines is 1. The Hall–Kier alpha value is -1.37. The maximum atomic E-state index is 5.68. The summed E-state index contributed by atoms with van der Waals surface area (Å²) in [5.41, 5.74) is 8.61. The van der Waals surface area contributed by atoms with E-state index >= 15 is 0 Å². The average molecular weight is 299 g/mol. The van der Waals surface area contributed by atoms with E-state index in [9.17, 15) is 0 Å². The number of halogens is 1. The normalized spacial score (nSPS) is 11.1. The van der Waals surface area contributed by atoms with E-state index in [1.807, 2.05) is 18.5 Å². The molecule has 0 saturated heterocycles. The zero-order chi connectivity index (χ0) is 12.6. The van der Waals surface area contributed by atoms with Crippen LogP contribution < -0.4 is 5.73 Å². The molecule has 0 aliphatic rings. The van der Waals surface area contributed by atoms with Crippen LogP contribution >= 0.6 is 15.9 Å². The number of hydrogen-bond donors (Lipinski definition) is 1. The molecule has 0 radical (unpaired) electrons. The Morgan fingerprint density at radius 3 is 2.53 bits per heavy atom. The zero-order valence-electron chi connectivity index (χ0n) is 10.1. The molecule has 6 nitrogen and oxygen atoms in total. The molecule has 0 unspecified atom stereocenters. The van der Waals surface area contributed by atoms with Crippen LogP contribution in [0.1, 0.15) is 24.0 Å². The van der Waals surface area contributed by atoms with E-state index in [4.69, 9.17) is 5.73 Å². The van der Waals surface area contributed by atoms with E-state index in [-0.39, 0.29) is 0 Å². The van der Waals surface area contributed by atoms with Crippen molar-refractivity contribution in [3.63, 3.8) is 0 Å². The summed E-state index contributed by atoms with van der Waals surface area (Å²) < 4.78 is 4.76. The van der Waals surface area contributed by atoms with Gasteiger partial charge in [0.25, 0.3) is 0 Å². The molecule has 17 heavy (non-hydrogen) atoms. The van der Waals surface area contributed by atoms with Gasteiger partial charge in [0.05, 0.1) is 28.1 Å². The molecule has 0 spiro atoms. The largest absolute Gasteiger partial charge is 0.381 e. The molecule has 0 atom stereocenters. The first-order chi connectivity index (χ1) is 8.04. The van der Waals surface area contributed by atoms with Gasteiger partial charge in [-0.3, -0.25) is 4.68 Å². The van der Waals surface area contributed by atoms with Gasteiger partial charge >= 0.3 is 0 Å². The molecular weight excluding hydrogens is 284 g/mol. The quantitative estimate of drug-likeness (QED) is 0.932. The van der Waals surface area contributed by atoms with Crippen LogP contribution in [0.2, 0.25) is 0 Å². The van der Waals surface area contributed by atoms with Crippen LogP contribution in [0.3, 0.4) is 0 Å². The van der Waals surface area contributed by atoms with Gasteiger partial charge in [-0.25, -0.2) is 4.68 Å². The van der Waals surface area contributed by atoms with Crippen molar-refractivity contribution in [1.82, 2.24) is 24.8 Å². The van der Waals surface area contributed by atoms with E-state index in [1.54, 1.807) is 4.68 Å². The van der Waals surface area contributed by atoms with Crippen molar-refractivity contribution in [3.8, 4) is 0 Å². The highest BCUT2D eigenvalue weighted by molar-refractivity contribution is 9.10. The summed E-state index contributed by atoms with van der Waals surface area (Å²) in [6, 6.07) is 0. The second-order valence-corrected chi connectivity index (χ2v) is 4.67. The summed E-state index contributed by atoms with van der Waals surface area (Å²) in [4.78, 5) is 0. The molecule has 0 amide bonds. The first-order valence-corrected chi connectivity index (χ1v) is 6.21. The van der Waals surface area contributed by atoms with Crippen LogP contribution in [0.25, 0.3) is 0 Å². The number of hydrogen-bond acceptors (Lipinski definition) is 4. The summed E-state index contributed by atoms with van der Waals surface area (Å²) in [6.07, 6.45) is 0.